The van der Waals surface area contributed by atoms with Crippen LogP contribution in [0.1, 0.15) is 12.7 Å². The lowest BCUT2D eigenvalue weighted by atomic mass is 10.3. The van der Waals surface area contributed by atoms with Gasteiger partial charge in [-0.05, 0) is 23.7 Å². The smallest absolute Gasteiger partial charge is 0.313 e. The van der Waals surface area contributed by atoms with Gasteiger partial charge in [0.25, 0.3) is 0 Å². The van der Waals surface area contributed by atoms with Crippen LogP contribution in [-0.4, -0.2) is 27.3 Å². The first-order valence-corrected chi connectivity index (χ1v) is 5.88. The molecule has 0 bridgehead atoms. The molecule has 0 aliphatic rings. The van der Waals surface area contributed by atoms with Crippen LogP contribution in [0.25, 0.3) is 11.0 Å². The average Bonchev–Trinajstić information content (AvgIpc) is 2.68. The Labute approximate surface area is 112 Å². The summed E-state index contributed by atoms with van der Waals surface area (Å²) in [5.41, 5.74) is 0.539. The van der Waals surface area contributed by atoms with E-state index in [4.69, 9.17) is 16.3 Å². The van der Waals surface area contributed by atoms with Gasteiger partial charge in [0.1, 0.15) is 17.5 Å². The number of aromatic nitrogens is 2. The topological polar surface area (TPSA) is 87.3 Å². The summed E-state index contributed by atoms with van der Waals surface area (Å²) in [6.45, 7) is 1.86. The number of hydrogen-bond acceptors (Lipinski definition) is 5. The second kappa shape index (κ2) is 5.23. The predicted molar refractivity (Wildman–Crippen MR) is 67.5 cm³/mol. The van der Waals surface area contributed by atoms with Gasteiger partial charge in [-0.2, -0.15) is 0 Å². The molecule has 0 radical (unpaired) electrons. The maximum atomic E-state index is 11.4. The van der Waals surface area contributed by atoms with Gasteiger partial charge >= 0.3 is 5.97 Å². The second-order valence-electron chi connectivity index (χ2n) is 3.67. The van der Waals surface area contributed by atoms with Crippen LogP contribution in [-0.2, 0) is 16.0 Å². The molecule has 8 heteroatoms. The summed E-state index contributed by atoms with van der Waals surface area (Å²) < 4.78 is 5.51. The van der Waals surface area contributed by atoms with E-state index >= 15 is 0 Å². The van der Waals surface area contributed by atoms with E-state index in [0.29, 0.717) is 10.5 Å². The average molecular weight is 284 g/mol. The fraction of sp³-hybridized carbons (Fsp3) is 0.273. The molecule has 0 saturated heterocycles. The molecule has 7 nitrogen and oxygen atoms in total. The molecule has 0 saturated carbocycles. The number of benzene rings is 1. The fourth-order valence-corrected chi connectivity index (χ4v) is 1.95. The third-order valence-corrected chi connectivity index (χ3v) is 2.76. The van der Waals surface area contributed by atoms with Crippen molar-refractivity contribution in [1.29, 1.82) is 0 Å². The number of carbonyl (C=O) groups is 1. The summed E-state index contributed by atoms with van der Waals surface area (Å²) in [4.78, 5) is 26.5. The summed E-state index contributed by atoms with van der Waals surface area (Å²) >= 11 is 5.93. The van der Waals surface area contributed by atoms with Crippen molar-refractivity contribution in [3.05, 3.63) is 39.2 Å². The normalized spacial score (nSPS) is 10.6. The molecule has 0 aliphatic carbocycles. The van der Waals surface area contributed by atoms with Crippen LogP contribution in [0.5, 0.6) is 0 Å². The minimum absolute atomic E-state index is 0.00782. The number of esters is 1. The third-order valence-electron chi connectivity index (χ3n) is 2.45. The van der Waals surface area contributed by atoms with Gasteiger partial charge in [0.05, 0.1) is 11.6 Å². The number of nitrogens with zero attached hydrogens (tertiary/aromatic N) is 3. The van der Waals surface area contributed by atoms with E-state index < -0.39 is 11.0 Å². The Balaban J connectivity index is 2.54. The highest BCUT2D eigenvalue weighted by atomic mass is 35.5. The molecule has 0 atom stereocenters. The predicted octanol–water partition coefficient (Wildman–Crippen LogP) is 1.84. The van der Waals surface area contributed by atoms with E-state index in [1.54, 1.807) is 19.1 Å². The minimum atomic E-state index is -0.639. The standard InChI is InChI=1S/C11H10ClN3O4/c1-2-19-10(16)6-9-13-11-7(12)4-3-5-8(11)14(9)15(17)18/h3-5H,2,6H2,1H3. The van der Waals surface area contributed by atoms with E-state index in [1.807, 2.05) is 0 Å². The maximum absolute atomic E-state index is 11.4. The van der Waals surface area contributed by atoms with Crippen LogP contribution in [0.15, 0.2) is 18.2 Å². The van der Waals surface area contributed by atoms with Gasteiger partial charge in [-0.3, -0.25) is 4.79 Å². The maximum Gasteiger partial charge on any atom is 0.313 e. The molecular formula is C11H10ClN3O4. The fourth-order valence-electron chi connectivity index (χ4n) is 1.74. The molecule has 1 heterocycles. The highest BCUT2D eigenvalue weighted by molar-refractivity contribution is 6.34. The lowest BCUT2D eigenvalue weighted by molar-refractivity contribution is -0.539. The molecule has 1 aromatic heterocycles. The molecule has 2 aromatic rings. The number of fused-ring (bicyclic) bond motifs is 1. The minimum Gasteiger partial charge on any atom is -0.466 e. The van der Waals surface area contributed by atoms with E-state index in [0.717, 1.165) is 4.68 Å². The number of imidazole rings is 1. The summed E-state index contributed by atoms with van der Waals surface area (Å²) in [7, 11) is 0. The van der Waals surface area contributed by atoms with E-state index in [2.05, 4.69) is 4.98 Å². The van der Waals surface area contributed by atoms with Gasteiger partial charge < -0.3 is 4.74 Å². The summed E-state index contributed by atoms with van der Waals surface area (Å²) in [5, 5.41) is 10.7. The molecule has 0 aliphatic heterocycles. The van der Waals surface area contributed by atoms with Crippen molar-refractivity contribution in [3.63, 3.8) is 0 Å². The van der Waals surface area contributed by atoms with Crippen molar-refractivity contribution in [2.24, 2.45) is 0 Å². The zero-order valence-electron chi connectivity index (χ0n) is 10.00. The molecule has 0 amide bonds. The Kier molecular flexibility index (Phi) is 3.66. The van der Waals surface area contributed by atoms with Crippen molar-refractivity contribution < 1.29 is 14.6 Å². The SMILES string of the molecule is CCOC(=O)Cc1nc2c(Cl)cccc2n1[N+](=O)[O-]. The van der Waals surface area contributed by atoms with E-state index in [1.165, 1.54) is 6.07 Å². The Morgan fingerprint density at radius 2 is 2.32 bits per heavy atom. The summed E-state index contributed by atoms with van der Waals surface area (Å²) in [5.74, 6) is -0.580. The molecule has 100 valence electrons. The van der Waals surface area contributed by atoms with Crippen molar-refractivity contribution >= 4 is 28.6 Å². The van der Waals surface area contributed by atoms with Crippen LogP contribution in [0.3, 0.4) is 0 Å². The third kappa shape index (κ3) is 2.50. The van der Waals surface area contributed by atoms with E-state index in [9.17, 15) is 14.9 Å². The van der Waals surface area contributed by atoms with Crippen molar-refractivity contribution in [3.8, 4) is 0 Å². The number of hydrogen-bond donors (Lipinski definition) is 0. The quantitative estimate of drug-likeness (QED) is 0.485. The van der Waals surface area contributed by atoms with Crippen LogP contribution >= 0.6 is 11.6 Å². The van der Waals surface area contributed by atoms with Crippen LogP contribution in [0.2, 0.25) is 5.02 Å². The lowest BCUT2D eigenvalue weighted by Gasteiger charge is -2.00. The van der Waals surface area contributed by atoms with Gasteiger partial charge in [-0.1, -0.05) is 17.7 Å². The molecule has 0 spiro atoms. The number of rotatable bonds is 4. The van der Waals surface area contributed by atoms with Gasteiger partial charge in [0, 0.05) is 0 Å². The molecule has 0 N–H and O–H groups in total. The monoisotopic (exact) mass is 283 g/mol. The molecular weight excluding hydrogens is 274 g/mol. The number of para-hydroxylation sites is 1. The first-order valence-electron chi connectivity index (χ1n) is 5.50. The van der Waals surface area contributed by atoms with Gasteiger partial charge in [0.2, 0.25) is 0 Å². The Morgan fingerprint density at radius 1 is 1.58 bits per heavy atom. The molecule has 2 rings (SSSR count). The summed E-state index contributed by atoms with van der Waals surface area (Å²) in [6.07, 6.45) is -0.278. The van der Waals surface area contributed by atoms with Crippen molar-refractivity contribution in [2.75, 3.05) is 6.61 Å². The van der Waals surface area contributed by atoms with Gasteiger partial charge in [-0.25, -0.2) is 15.1 Å². The van der Waals surface area contributed by atoms with Gasteiger partial charge in [0.15, 0.2) is 10.9 Å². The van der Waals surface area contributed by atoms with Crippen LogP contribution in [0, 0.1) is 10.1 Å². The van der Waals surface area contributed by atoms with E-state index in [-0.39, 0.29) is 24.4 Å². The molecule has 1 aromatic carbocycles. The van der Waals surface area contributed by atoms with Crippen LogP contribution < -0.4 is 0 Å². The number of halogens is 1. The van der Waals surface area contributed by atoms with Gasteiger partial charge in [-0.15, -0.1) is 0 Å². The lowest BCUT2D eigenvalue weighted by Crippen LogP contribution is -2.17. The highest BCUT2D eigenvalue weighted by Gasteiger charge is 2.22. The number of ether oxygens (including phenoxy) is 1. The molecule has 19 heavy (non-hydrogen) atoms. The number of carbonyl (C=O) groups excluding carboxylic acids is 1. The first-order chi connectivity index (χ1) is 9.04. The second-order valence-corrected chi connectivity index (χ2v) is 4.07. The Hall–Kier alpha value is -2.15. The number of nitro groups is 1. The first kappa shape index (κ1) is 13.3. The van der Waals surface area contributed by atoms with Crippen LogP contribution in [0.4, 0.5) is 0 Å². The molecule has 0 fully saturated rings. The largest absolute Gasteiger partial charge is 0.466 e. The van der Waals surface area contributed by atoms with Crippen molar-refractivity contribution in [1.82, 2.24) is 9.66 Å². The Morgan fingerprint density at radius 3 is 2.95 bits per heavy atom. The summed E-state index contributed by atoms with van der Waals surface area (Å²) in [6, 6.07) is 4.68. The molecule has 0 unspecified atom stereocenters. The Bertz CT molecular complexity index is 653. The van der Waals surface area contributed by atoms with Crippen molar-refractivity contribution in [2.45, 2.75) is 13.3 Å². The zero-order chi connectivity index (χ0) is 14.0. The zero-order valence-corrected chi connectivity index (χ0v) is 10.8. The highest BCUT2D eigenvalue weighted by Crippen LogP contribution is 2.24.